The van der Waals surface area contributed by atoms with Gasteiger partial charge in [-0.25, -0.2) is 8.42 Å². The molecule has 0 saturated carbocycles. The molecule has 22 heavy (non-hydrogen) atoms. The molecule has 0 aliphatic carbocycles. The van der Waals surface area contributed by atoms with Gasteiger partial charge in [0.05, 0.1) is 11.9 Å². The molecular formula is C16H25NO4S. The zero-order chi connectivity index (χ0) is 16.6. The molecule has 1 aromatic rings. The van der Waals surface area contributed by atoms with E-state index < -0.39 is 21.5 Å². The number of benzene rings is 1. The van der Waals surface area contributed by atoms with E-state index in [2.05, 4.69) is 5.32 Å². The summed E-state index contributed by atoms with van der Waals surface area (Å²) in [4.78, 5) is 11.7. The Bertz CT molecular complexity index is 582. The van der Waals surface area contributed by atoms with E-state index in [9.17, 15) is 13.2 Å². The van der Waals surface area contributed by atoms with Crippen LogP contribution in [-0.2, 0) is 25.1 Å². The van der Waals surface area contributed by atoms with Crippen LogP contribution in [-0.4, -0.2) is 39.3 Å². The summed E-state index contributed by atoms with van der Waals surface area (Å²) in [7, 11) is -3.45. The molecule has 0 aliphatic rings. The van der Waals surface area contributed by atoms with Crippen LogP contribution in [0.3, 0.4) is 0 Å². The number of aryl methyl sites for hydroxylation is 1. The first-order chi connectivity index (χ1) is 10.3. The van der Waals surface area contributed by atoms with Crippen LogP contribution in [0.15, 0.2) is 24.3 Å². The molecule has 1 amide bonds. The van der Waals surface area contributed by atoms with Crippen molar-refractivity contribution >= 4 is 15.7 Å². The van der Waals surface area contributed by atoms with Crippen LogP contribution in [0.2, 0.25) is 0 Å². The lowest BCUT2D eigenvalue weighted by Crippen LogP contribution is -2.32. The topological polar surface area (TPSA) is 72.5 Å². The van der Waals surface area contributed by atoms with Gasteiger partial charge in [-0.1, -0.05) is 29.8 Å². The molecule has 0 unspecified atom stereocenters. The molecule has 0 spiro atoms. The zero-order valence-electron chi connectivity index (χ0n) is 13.5. The lowest BCUT2D eigenvalue weighted by atomic mass is 10.2. The summed E-state index contributed by atoms with van der Waals surface area (Å²) >= 11 is 0. The molecule has 1 rings (SSSR count). The fourth-order valence-electron chi connectivity index (χ4n) is 1.98. The van der Waals surface area contributed by atoms with Crippen molar-refractivity contribution in [1.29, 1.82) is 0 Å². The normalized spacial score (nSPS) is 11.6. The van der Waals surface area contributed by atoms with Gasteiger partial charge < -0.3 is 10.1 Å². The number of rotatable bonds is 9. The molecular weight excluding hydrogens is 302 g/mol. The van der Waals surface area contributed by atoms with Crippen molar-refractivity contribution in [1.82, 2.24) is 5.32 Å². The summed E-state index contributed by atoms with van der Waals surface area (Å²) in [6.07, 6.45) is 0.826. The minimum Gasteiger partial charge on any atom is -0.379 e. The van der Waals surface area contributed by atoms with Crippen LogP contribution < -0.4 is 5.32 Å². The fourth-order valence-corrected chi connectivity index (χ4v) is 3.27. The van der Waals surface area contributed by atoms with Gasteiger partial charge in [0.25, 0.3) is 0 Å². The van der Waals surface area contributed by atoms with Gasteiger partial charge in [0.1, 0.15) is 5.75 Å². The van der Waals surface area contributed by atoms with E-state index in [1.807, 2.05) is 39.0 Å². The van der Waals surface area contributed by atoms with Crippen LogP contribution in [0.5, 0.6) is 0 Å². The number of sulfone groups is 1. The third kappa shape index (κ3) is 8.14. The van der Waals surface area contributed by atoms with Gasteiger partial charge in [-0.15, -0.1) is 0 Å². The number of hydrogen-bond acceptors (Lipinski definition) is 4. The minimum absolute atomic E-state index is 0.113. The van der Waals surface area contributed by atoms with E-state index in [1.165, 1.54) is 0 Å². The molecule has 0 atom stereocenters. The van der Waals surface area contributed by atoms with E-state index in [-0.39, 0.29) is 11.9 Å². The highest BCUT2D eigenvalue weighted by atomic mass is 32.2. The second-order valence-corrected chi connectivity index (χ2v) is 7.71. The second-order valence-electron chi connectivity index (χ2n) is 5.64. The van der Waals surface area contributed by atoms with Crippen molar-refractivity contribution < 1.29 is 17.9 Å². The van der Waals surface area contributed by atoms with Crippen molar-refractivity contribution in [2.24, 2.45) is 0 Å². The zero-order valence-corrected chi connectivity index (χ0v) is 14.3. The maximum Gasteiger partial charge on any atom is 0.235 e. The number of carbonyl (C=O) groups excluding carboxylic acids is 1. The Balaban J connectivity index is 2.36. The highest BCUT2D eigenvalue weighted by Gasteiger charge is 2.17. The van der Waals surface area contributed by atoms with E-state index in [4.69, 9.17) is 4.74 Å². The van der Waals surface area contributed by atoms with Gasteiger partial charge in [0.2, 0.25) is 5.91 Å². The standard InChI is InChI=1S/C16H25NO4S/c1-13(2)21-9-5-8-17-16(18)12-22(19,20)11-15-7-4-6-14(3)10-15/h4,6-7,10,13H,5,8-9,11-12H2,1-3H3,(H,17,18). The van der Waals surface area contributed by atoms with Crippen molar-refractivity contribution in [3.05, 3.63) is 35.4 Å². The van der Waals surface area contributed by atoms with Crippen molar-refractivity contribution in [3.8, 4) is 0 Å². The molecule has 1 N–H and O–H groups in total. The molecule has 0 saturated heterocycles. The average molecular weight is 327 g/mol. The quantitative estimate of drug-likeness (QED) is 0.703. The van der Waals surface area contributed by atoms with Crippen LogP contribution in [0.1, 0.15) is 31.4 Å². The average Bonchev–Trinajstić information content (AvgIpc) is 2.36. The maximum atomic E-state index is 12.0. The van der Waals surface area contributed by atoms with Gasteiger partial charge in [-0.05, 0) is 32.8 Å². The SMILES string of the molecule is Cc1cccc(CS(=O)(=O)CC(=O)NCCCOC(C)C)c1. The lowest BCUT2D eigenvalue weighted by molar-refractivity contribution is -0.118. The fraction of sp³-hybridized carbons (Fsp3) is 0.562. The highest BCUT2D eigenvalue weighted by Crippen LogP contribution is 2.09. The second kappa shape index (κ2) is 8.90. The van der Waals surface area contributed by atoms with Crippen LogP contribution >= 0.6 is 0 Å². The largest absolute Gasteiger partial charge is 0.379 e. The molecule has 6 heteroatoms. The Morgan fingerprint density at radius 2 is 2.05 bits per heavy atom. The van der Waals surface area contributed by atoms with Crippen molar-refractivity contribution in [2.45, 2.75) is 39.0 Å². The molecule has 1 aromatic carbocycles. The van der Waals surface area contributed by atoms with E-state index in [1.54, 1.807) is 6.07 Å². The van der Waals surface area contributed by atoms with Crippen molar-refractivity contribution in [3.63, 3.8) is 0 Å². The summed E-state index contributed by atoms with van der Waals surface area (Å²) in [6.45, 7) is 6.76. The first kappa shape index (κ1) is 18.6. The number of nitrogens with one attached hydrogen (secondary N) is 1. The summed E-state index contributed by atoms with van der Waals surface area (Å²) in [5.41, 5.74) is 1.71. The molecule has 124 valence electrons. The van der Waals surface area contributed by atoms with Crippen LogP contribution in [0.25, 0.3) is 0 Å². The van der Waals surface area contributed by atoms with Crippen LogP contribution in [0.4, 0.5) is 0 Å². The highest BCUT2D eigenvalue weighted by molar-refractivity contribution is 7.91. The summed E-state index contributed by atoms with van der Waals surface area (Å²) in [5, 5.41) is 2.61. The summed E-state index contributed by atoms with van der Waals surface area (Å²) < 4.78 is 29.4. The van der Waals surface area contributed by atoms with Gasteiger partial charge >= 0.3 is 0 Å². The Hall–Kier alpha value is -1.40. The smallest absolute Gasteiger partial charge is 0.235 e. The number of ether oxygens (including phenoxy) is 1. The van der Waals surface area contributed by atoms with E-state index >= 15 is 0 Å². The minimum atomic E-state index is -3.45. The molecule has 0 radical (unpaired) electrons. The molecule has 0 heterocycles. The molecule has 0 aliphatic heterocycles. The van der Waals surface area contributed by atoms with Gasteiger partial charge in [0, 0.05) is 13.2 Å². The summed E-state index contributed by atoms with van der Waals surface area (Å²) in [6, 6.07) is 7.29. The van der Waals surface area contributed by atoms with Crippen LogP contribution in [0, 0.1) is 6.92 Å². The molecule has 0 bridgehead atoms. The van der Waals surface area contributed by atoms with E-state index in [0.717, 1.165) is 5.56 Å². The van der Waals surface area contributed by atoms with Gasteiger partial charge in [-0.3, -0.25) is 4.79 Å². The first-order valence-electron chi connectivity index (χ1n) is 7.43. The third-order valence-electron chi connectivity index (χ3n) is 2.91. The number of carbonyl (C=O) groups is 1. The molecule has 5 nitrogen and oxygen atoms in total. The van der Waals surface area contributed by atoms with E-state index in [0.29, 0.717) is 25.1 Å². The Morgan fingerprint density at radius 3 is 2.68 bits per heavy atom. The summed E-state index contributed by atoms with van der Waals surface area (Å²) in [5.74, 6) is -1.05. The predicted molar refractivity (Wildman–Crippen MR) is 87.4 cm³/mol. The molecule has 0 fully saturated rings. The van der Waals surface area contributed by atoms with Gasteiger partial charge in [-0.2, -0.15) is 0 Å². The van der Waals surface area contributed by atoms with Gasteiger partial charge in [0.15, 0.2) is 9.84 Å². The Kier molecular flexibility index (Phi) is 7.55. The first-order valence-corrected chi connectivity index (χ1v) is 9.25. The monoisotopic (exact) mass is 327 g/mol. The number of amides is 1. The van der Waals surface area contributed by atoms with Crippen molar-refractivity contribution in [2.75, 3.05) is 18.9 Å². The third-order valence-corrected chi connectivity index (χ3v) is 4.39. The predicted octanol–water partition coefficient (Wildman–Crippen LogP) is 1.84. The lowest BCUT2D eigenvalue weighted by Gasteiger charge is -2.09. The maximum absolute atomic E-state index is 12.0. The Labute approximate surface area is 133 Å². The Morgan fingerprint density at radius 1 is 1.32 bits per heavy atom. The molecule has 0 aromatic heterocycles. The number of hydrogen-bond donors (Lipinski definition) is 1.